The lowest BCUT2D eigenvalue weighted by Gasteiger charge is -2.27. The van der Waals surface area contributed by atoms with Crippen molar-refractivity contribution in [3.05, 3.63) is 29.3 Å². The van der Waals surface area contributed by atoms with E-state index in [4.69, 9.17) is 4.74 Å². The molecule has 1 unspecified atom stereocenters. The number of benzene rings is 1. The predicted molar refractivity (Wildman–Crippen MR) is 73.0 cm³/mol. The molecule has 102 valence electrons. The third kappa shape index (κ3) is 2.23. The Morgan fingerprint density at radius 2 is 1.95 bits per heavy atom. The molecule has 1 heterocycles. The van der Waals surface area contributed by atoms with E-state index >= 15 is 0 Å². The van der Waals surface area contributed by atoms with Crippen molar-refractivity contribution in [2.75, 3.05) is 5.32 Å². The number of carbonyl (C=O) groups excluding carboxylic acids is 2. The minimum Gasteiger partial charge on any atom is -0.459 e. The number of carbonyl (C=O) groups is 2. The van der Waals surface area contributed by atoms with E-state index < -0.39 is 17.0 Å². The predicted octanol–water partition coefficient (Wildman–Crippen LogP) is 2.55. The quantitative estimate of drug-likeness (QED) is 0.624. The monoisotopic (exact) mass is 261 g/mol. The maximum absolute atomic E-state index is 12.4. The summed E-state index contributed by atoms with van der Waals surface area (Å²) < 4.78 is 5.39. The van der Waals surface area contributed by atoms with Gasteiger partial charge in [-0.1, -0.05) is 17.7 Å². The van der Waals surface area contributed by atoms with Gasteiger partial charge in [-0.15, -0.1) is 0 Å². The molecule has 1 N–H and O–H groups in total. The van der Waals surface area contributed by atoms with Crippen LogP contribution in [0.4, 0.5) is 5.69 Å². The summed E-state index contributed by atoms with van der Waals surface area (Å²) >= 11 is 0. The van der Waals surface area contributed by atoms with Gasteiger partial charge in [-0.3, -0.25) is 9.59 Å². The van der Waals surface area contributed by atoms with Gasteiger partial charge in [0.1, 0.15) is 5.60 Å². The Morgan fingerprint density at radius 1 is 1.32 bits per heavy atom. The van der Waals surface area contributed by atoms with Crippen LogP contribution in [0.2, 0.25) is 0 Å². The summed E-state index contributed by atoms with van der Waals surface area (Å²) in [6.07, 6.45) is 0. The lowest BCUT2D eigenvalue weighted by molar-refractivity contribution is -0.163. The number of hydrogen-bond donors (Lipinski definition) is 1. The fraction of sp³-hybridized carbons (Fsp3) is 0.467. The van der Waals surface area contributed by atoms with Crippen LogP contribution >= 0.6 is 0 Å². The van der Waals surface area contributed by atoms with Gasteiger partial charge in [-0.05, 0) is 40.7 Å². The Bertz CT molecular complexity index is 557. The minimum absolute atomic E-state index is 0.331. The molecule has 1 aliphatic heterocycles. The first-order valence-electron chi connectivity index (χ1n) is 6.30. The number of anilines is 1. The molecule has 1 aromatic carbocycles. The van der Waals surface area contributed by atoms with Crippen LogP contribution in [0.15, 0.2) is 18.2 Å². The second-order valence-corrected chi connectivity index (χ2v) is 6.13. The Morgan fingerprint density at radius 3 is 2.53 bits per heavy atom. The standard InChI is InChI=1S/C15H19NO3/c1-9-6-7-11-10(8-9)15(5,12(17)16-11)13(18)19-14(2,3)4/h6-8H,1-5H3,(H,16,17). The zero-order valence-corrected chi connectivity index (χ0v) is 12.0. The highest BCUT2D eigenvalue weighted by atomic mass is 16.6. The molecule has 0 saturated heterocycles. The van der Waals surface area contributed by atoms with Gasteiger partial charge >= 0.3 is 5.97 Å². The molecule has 0 fully saturated rings. The smallest absolute Gasteiger partial charge is 0.326 e. The first-order chi connectivity index (χ1) is 8.64. The molecule has 0 aromatic heterocycles. The topological polar surface area (TPSA) is 55.4 Å². The molecule has 19 heavy (non-hydrogen) atoms. The molecule has 0 spiro atoms. The Hall–Kier alpha value is -1.84. The van der Waals surface area contributed by atoms with E-state index in [0.29, 0.717) is 11.3 Å². The second-order valence-electron chi connectivity index (χ2n) is 6.13. The summed E-state index contributed by atoms with van der Waals surface area (Å²) in [5.41, 5.74) is 0.488. The number of ether oxygens (including phenoxy) is 1. The zero-order chi connectivity index (χ0) is 14.4. The van der Waals surface area contributed by atoms with Gasteiger partial charge < -0.3 is 10.1 Å². The van der Waals surface area contributed by atoms with Crippen LogP contribution in [0.3, 0.4) is 0 Å². The van der Waals surface area contributed by atoms with Crippen molar-refractivity contribution in [2.45, 2.75) is 45.6 Å². The fourth-order valence-corrected chi connectivity index (χ4v) is 2.13. The number of aryl methyl sites for hydroxylation is 1. The first kappa shape index (κ1) is 13.6. The van der Waals surface area contributed by atoms with Gasteiger partial charge in [-0.2, -0.15) is 0 Å². The lowest BCUT2D eigenvalue weighted by Crippen LogP contribution is -2.43. The van der Waals surface area contributed by atoms with Crippen LogP contribution < -0.4 is 5.32 Å². The van der Waals surface area contributed by atoms with Crippen molar-refractivity contribution in [1.82, 2.24) is 0 Å². The van der Waals surface area contributed by atoms with Crippen molar-refractivity contribution < 1.29 is 14.3 Å². The Kier molecular flexibility index (Phi) is 2.92. The molecule has 2 rings (SSSR count). The van der Waals surface area contributed by atoms with E-state index in [2.05, 4.69) is 5.32 Å². The normalized spacial score (nSPS) is 21.8. The van der Waals surface area contributed by atoms with Crippen LogP contribution in [0.1, 0.15) is 38.8 Å². The molecule has 1 aliphatic rings. The Balaban J connectivity index is 2.47. The zero-order valence-electron chi connectivity index (χ0n) is 12.0. The maximum atomic E-state index is 12.4. The molecular formula is C15H19NO3. The van der Waals surface area contributed by atoms with E-state index in [-0.39, 0.29) is 5.91 Å². The summed E-state index contributed by atoms with van der Waals surface area (Å²) in [5, 5.41) is 2.74. The number of hydrogen-bond acceptors (Lipinski definition) is 3. The number of rotatable bonds is 1. The van der Waals surface area contributed by atoms with Crippen LogP contribution in [0.5, 0.6) is 0 Å². The number of esters is 1. The van der Waals surface area contributed by atoms with Gasteiger partial charge in [0.15, 0.2) is 5.41 Å². The van der Waals surface area contributed by atoms with Crippen LogP contribution in [-0.2, 0) is 19.7 Å². The molecule has 1 atom stereocenters. The van der Waals surface area contributed by atoms with Gasteiger partial charge in [0.05, 0.1) is 0 Å². The van der Waals surface area contributed by atoms with Crippen LogP contribution in [0.25, 0.3) is 0 Å². The van der Waals surface area contributed by atoms with Gasteiger partial charge in [0.25, 0.3) is 0 Å². The van der Waals surface area contributed by atoms with Crippen molar-refractivity contribution in [1.29, 1.82) is 0 Å². The molecule has 0 saturated carbocycles. The molecule has 1 amide bonds. The summed E-state index contributed by atoms with van der Waals surface area (Å²) in [5.74, 6) is -0.843. The third-order valence-corrected chi connectivity index (χ3v) is 3.22. The average molecular weight is 261 g/mol. The van der Waals surface area contributed by atoms with E-state index in [0.717, 1.165) is 5.56 Å². The van der Waals surface area contributed by atoms with Gasteiger partial charge in [-0.25, -0.2) is 0 Å². The Labute approximate surface area is 113 Å². The molecule has 0 radical (unpaired) electrons. The van der Waals surface area contributed by atoms with E-state index in [1.54, 1.807) is 27.7 Å². The lowest BCUT2D eigenvalue weighted by atomic mass is 9.83. The third-order valence-electron chi connectivity index (χ3n) is 3.22. The number of fused-ring (bicyclic) bond motifs is 1. The minimum atomic E-state index is -1.27. The highest BCUT2D eigenvalue weighted by Gasteiger charge is 2.51. The van der Waals surface area contributed by atoms with Crippen molar-refractivity contribution in [3.63, 3.8) is 0 Å². The van der Waals surface area contributed by atoms with E-state index in [1.165, 1.54) is 0 Å². The highest BCUT2D eigenvalue weighted by molar-refractivity contribution is 6.19. The number of amides is 1. The highest BCUT2D eigenvalue weighted by Crippen LogP contribution is 2.39. The maximum Gasteiger partial charge on any atom is 0.326 e. The van der Waals surface area contributed by atoms with Crippen LogP contribution in [0, 0.1) is 6.92 Å². The fourth-order valence-electron chi connectivity index (χ4n) is 2.13. The average Bonchev–Trinajstić information content (AvgIpc) is 2.51. The van der Waals surface area contributed by atoms with E-state index in [1.807, 2.05) is 25.1 Å². The molecule has 4 heteroatoms. The summed E-state index contributed by atoms with van der Waals surface area (Å²) in [6.45, 7) is 8.91. The molecular weight excluding hydrogens is 242 g/mol. The van der Waals surface area contributed by atoms with Crippen molar-refractivity contribution >= 4 is 17.6 Å². The summed E-state index contributed by atoms with van der Waals surface area (Å²) in [7, 11) is 0. The molecule has 0 bridgehead atoms. The molecule has 0 aliphatic carbocycles. The summed E-state index contributed by atoms with van der Waals surface area (Å²) in [6, 6.07) is 5.58. The van der Waals surface area contributed by atoms with Crippen molar-refractivity contribution in [3.8, 4) is 0 Å². The number of nitrogens with one attached hydrogen (secondary N) is 1. The SMILES string of the molecule is Cc1ccc2c(c1)C(C)(C(=O)OC(C)(C)C)C(=O)N2. The van der Waals surface area contributed by atoms with Crippen LogP contribution in [-0.4, -0.2) is 17.5 Å². The molecule has 1 aromatic rings. The van der Waals surface area contributed by atoms with Crippen molar-refractivity contribution in [2.24, 2.45) is 0 Å². The van der Waals surface area contributed by atoms with Gasteiger partial charge in [0, 0.05) is 11.3 Å². The van der Waals surface area contributed by atoms with E-state index in [9.17, 15) is 9.59 Å². The second kappa shape index (κ2) is 4.08. The molecule has 4 nitrogen and oxygen atoms in total. The first-order valence-corrected chi connectivity index (χ1v) is 6.30. The largest absolute Gasteiger partial charge is 0.459 e. The summed E-state index contributed by atoms with van der Waals surface area (Å²) in [4.78, 5) is 24.6. The van der Waals surface area contributed by atoms with Gasteiger partial charge in [0.2, 0.25) is 5.91 Å².